The van der Waals surface area contributed by atoms with Crippen LogP contribution >= 0.6 is 11.6 Å². The Balaban J connectivity index is 1.74. The molecule has 4 rings (SSSR count). The third-order valence-corrected chi connectivity index (χ3v) is 6.01. The minimum absolute atomic E-state index is 0.0299. The molecule has 2 fully saturated rings. The number of fused-ring (bicyclic) bond motifs is 1. The number of carboxylic acid groups (broad SMARTS) is 1. The fraction of sp³-hybridized carbons (Fsp3) is 0.500. The molecular weight excluding hydrogens is 417 g/mol. The molecule has 30 heavy (non-hydrogen) atoms. The van der Waals surface area contributed by atoms with Crippen molar-refractivity contribution in [1.29, 1.82) is 0 Å². The summed E-state index contributed by atoms with van der Waals surface area (Å²) in [5, 5.41) is 28.0. The van der Waals surface area contributed by atoms with Gasteiger partial charge in [0.2, 0.25) is 5.43 Å². The van der Waals surface area contributed by atoms with Crippen LogP contribution in [0.4, 0.5) is 10.1 Å². The molecule has 0 bridgehead atoms. The van der Waals surface area contributed by atoms with Gasteiger partial charge >= 0.3 is 5.97 Å². The maximum atomic E-state index is 15.7. The van der Waals surface area contributed by atoms with Gasteiger partial charge in [0, 0.05) is 45.0 Å². The number of halogens is 2. The van der Waals surface area contributed by atoms with Gasteiger partial charge < -0.3 is 24.8 Å². The lowest BCUT2D eigenvalue weighted by molar-refractivity contribution is 0.0574. The molecule has 0 spiro atoms. The number of benzene rings is 1. The Kier molecular flexibility index (Phi) is 5.71. The third kappa shape index (κ3) is 3.78. The number of aromatic nitrogens is 1. The van der Waals surface area contributed by atoms with Crippen molar-refractivity contribution >= 4 is 34.2 Å². The van der Waals surface area contributed by atoms with Gasteiger partial charge in [-0.15, -0.1) is 0 Å². The summed E-state index contributed by atoms with van der Waals surface area (Å²) in [6.45, 7) is 2.04. The van der Waals surface area contributed by atoms with E-state index in [1.54, 1.807) is 9.47 Å². The molecule has 10 heteroatoms. The maximum absolute atomic E-state index is 15.7. The Labute approximate surface area is 176 Å². The second-order valence-corrected chi connectivity index (χ2v) is 8.26. The van der Waals surface area contributed by atoms with Crippen LogP contribution in [0.1, 0.15) is 29.2 Å². The molecule has 0 radical (unpaired) electrons. The number of carbonyl (C=O) groups is 1. The summed E-state index contributed by atoms with van der Waals surface area (Å²) in [5.41, 5.74) is -0.855. The van der Waals surface area contributed by atoms with Gasteiger partial charge in [-0.3, -0.25) is 9.69 Å². The Morgan fingerprint density at radius 2 is 1.93 bits per heavy atom. The zero-order chi connectivity index (χ0) is 21.6. The van der Waals surface area contributed by atoms with Crippen LogP contribution in [0.3, 0.4) is 0 Å². The van der Waals surface area contributed by atoms with Crippen LogP contribution in [0.15, 0.2) is 17.1 Å². The van der Waals surface area contributed by atoms with Crippen LogP contribution in [0.2, 0.25) is 5.02 Å². The summed E-state index contributed by atoms with van der Waals surface area (Å²) >= 11 is 6.37. The molecule has 1 unspecified atom stereocenters. The van der Waals surface area contributed by atoms with Gasteiger partial charge in [-0.05, 0) is 18.9 Å². The topological polar surface area (TPSA) is 106 Å². The first kappa shape index (κ1) is 21.0. The molecule has 8 nitrogen and oxygen atoms in total. The number of aromatic carboxylic acids is 1. The summed E-state index contributed by atoms with van der Waals surface area (Å²) in [6, 6.07) is 1.33. The van der Waals surface area contributed by atoms with Crippen LogP contribution in [-0.2, 0) is 0 Å². The fourth-order valence-electron chi connectivity index (χ4n) is 4.02. The maximum Gasteiger partial charge on any atom is 0.341 e. The Hall–Kier alpha value is -2.20. The fourth-order valence-corrected chi connectivity index (χ4v) is 4.34. The Morgan fingerprint density at radius 1 is 1.27 bits per heavy atom. The highest BCUT2D eigenvalue weighted by molar-refractivity contribution is 6.34. The predicted molar refractivity (Wildman–Crippen MR) is 110 cm³/mol. The van der Waals surface area contributed by atoms with Gasteiger partial charge in [-0.25, -0.2) is 9.18 Å². The van der Waals surface area contributed by atoms with Crippen LogP contribution in [0, 0.1) is 5.82 Å². The predicted octanol–water partition coefficient (Wildman–Crippen LogP) is 1.30. The highest BCUT2D eigenvalue weighted by atomic mass is 35.5. The summed E-state index contributed by atoms with van der Waals surface area (Å²) in [6.07, 6.45) is 1.99. The van der Waals surface area contributed by atoms with Crippen LogP contribution < -0.4 is 10.3 Å². The van der Waals surface area contributed by atoms with Gasteiger partial charge in [0.15, 0.2) is 5.82 Å². The van der Waals surface area contributed by atoms with Crippen LogP contribution in [0.5, 0.6) is 0 Å². The monoisotopic (exact) mass is 439 g/mol. The third-order valence-electron chi connectivity index (χ3n) is 5.72. The van der Waals surface area contributed by atoms with Crippen molar-refractivity contribution in [3.05, 3.63) is 38.9 Å². The lowest BCUT2D eigenvalue weighted by atomic mass is 10.1. The van der Waals surface area contributed by atoms with E-state index in [-0.39, 0.29) is 34.3 Å². The van der Waals surface area contributed by atoms with E-state index in [0.717, 1.165) is 12.8 Å². The van der Waals surface area contributed by atoms with E-state index in [4.69, 9.17) is 16.7 Å². The highest BCUT2D eigenvalue weighted by Gasteiger charge is 2.31. The Morgan fingerprint density at radius 3 is 2.50 bits per heavy atom. The van der Waals surface area contributed by atoms with Crippen molar-refractivity contribution in [2.75, 3.05) is 44.2 Å². The number of carboxylic acids is 1. The zero-order valence-electron chi connectivity index (χ0n) is 16.2. The van der Waals surface area contributed by atoms with Crippen molar-refractivity contribution in [3.63, 3.8) is 0 Å². The zero-order valence-corrected chi connectivity index (χ0v) is 17.0. The van der Waals surface area contributed by atoms with Gasteiger partial charge in [0.05, 0.1) is 34.3 Å². The molecule has 1 aliphatic carbocycles. The molecule has 3 N–H and O–H groups in total. The lowest BCUT2D eigenvalue weighted by Crippen LogP contribution is -2.49. The van der Waals surface area contributed by atoms with Crippen LogP contribution in [0.25, 0.3) is 10.9 Å². The summed E-state index contributed by atoms with van der Waals surface area (Å²) in [7, 11) is 0. The van der Waals surface area contributed by atoms with E-state index in [2.05, 4.69) is 0 Å². The standard InChI is InChI=1S/C20H23ClFN3O5/c21-15-7-13-17(25(11-1-2-11)9-14(19(13)28)20(29)30)16(22)18(15)24-5-3-23(4-6-24)8-12(27)10-26/h7,9,11-12,26-27H,1-6,8,10H2,(H,29,30). The summed E-state index contributed by atoms with van der Waals surface area (Å²) < 4.78 is 17.3. The van der Waals surface area contributed by atoms with E-state index in [9.17, 15) is 19.8 Å². The normalized spacial score (nSPS) is 18.7. The minimum Gasteiger partial charge on any atom is -0.477 e. The second-order valence-electron chi connectivity index (χ2n) is 7.86. The highest BCUT2D eigenvalue weighted by Crippen LogP contribution is 2.41. The molecule has 2 aromatic rings. The lowest BCUT2D eigenvalue weighted by Gasteiger charge is -2.37. The van der Waals surface area contributed by atoms with Crippen LogP contribution in [-0.4, -0.2) is 76.2 Å². The van der Waals surface area contributed by atoms with Gasteiger partial charge in [-0.1, -0.05) is 11.6 Å². The van der Waals surface area contributed by atoms with E-state index in [1.165, 1.54) is 12.3 Å². The van der Waals surface area contributed by atoms with Gasteiger partial charge in [0.25, 0.3) is 0 Å². The minimum atomic E-state index is -1.35. The number of anilines is 1. The van der Waals surface area contributed by atoms with E-state index in [0.29, 0.717) is 32.7 Å². The molecule has 2 aliphatic rings. The summed E-state index contributed by atoms with van der Waals surface area (Å²) in [4.78, 5) is 27.9. The van der Waals surface area contributed by atoms with Crippen molar-refractivity contribution in [2.24, 2.45) is 0 Å². The van der Waals surface area contributed by atoms with Gasteiger partial charge in [-0.2, -0.15) is 0 Å². The first-order valence-corrected chi connectivity index (χ1v) is 10.3. The largest absolute Gasteiger partial charge is 0.477 e. The molecule has 1 saturated carbocycles. The number of nitrogens with zero attached hydrogens (tertiary/aromatic N) is 3. The quantitative estimate of drug-likeness (QED) is 0.623. The molecule has 162 valence electrons. The number of rotatable bonds is 6. The van der Waals surface area contributed by atoms with E-state index >= 15 is 4.39 Å². The van der Waals surface area contributed by atoms with E-state index in [1.807, 2.05) is 4.90 Å². The average Bonchev–Trinajstić information content (AvgIpc) is 3.55. The number of hydrogen-bond acceptors (Lipinski definition) is 6. The molecule has 0 amide bonds. The summed E-state index contributed by atoms with van der Waals surface area (Å²) in [5.74, 6) is -1.97. The smallest absolute Gasteiger partial charge is 0.341 e. The Bertz CT molecular complexity index is 1050. The second kappa shape index (κ2) is 8.14. The van der Waals surface area contributed by atoms with Gasteiger partial charge in [0.1, 0.15) is 5.56 Å². The molecule has 1 aliphatic heterocycles. The van der Waals surface area contributed by atoms with Crippen molar-refractivity contribution in [2.45, 2.75) is 25.0 Å². The number of aliphatic hydroxyl groups excluding tert-OH is 2. The first-order chi connectivity index (χ1) is 14.3. The van der Waals surface area contributed by atoms with Crippen molar-refractivity contribution in [1.82, 2.24) is 9.47 Å². The first-order valence-electron chi connectivity index (χ1n) is 9.88. The van der Waals surface area contributed by atoms with Crippen molar-refractivity contribution in [3.8, 4) is 0 Å². The molecule has 1 aromatic carbocycles. The van der Waals surface area contributed by atoms with Crippen molar-refractivity contribution < 1.29 is 24.5 Å². The number of hydrogen-bond donors (Lipinski definition) is 3. The number of piperazine rings is 1. The molecular formula is C20H23ClFN3O5. The molecule has 1 saturated heterocycles. The number of aliphatic hydroxyl groups is 2. The molecule has 1 aromatic heterocycles. The molecule has 1 atom stereocenters. The SMILES string of the molecule is O=C(O)c1cn(C2CC2)c2c(F)c(N3CCN(CC(O)CO)CC3)c(Cl)cc2c1=O. The average molecular weight is 440 g/mol. The van der Waals surface area contributed by atoms with E-state index < -0.39 is 28.9 Å². The molecule has 2 heterocycles. The number of pyridine rings is 1. The number of β-amino-alcohol motifs (C(OH)–C–C–N with tert-alkyl or cyclic N) is 1.